The standard InChI is InChI=1S/C24H29N3O2/c1-15-12-20-21(14-27(11-10-17-6-7-17)16(2)23(20)25-15)19-13-18(24(28)26(3)4)8-9-22(19)29-5/h8-9,12-14,17,25H,2,6-7,10-11H2,1,3-5H3. The minimum atomic E-state index is -0.0224. The van der Waals surface area contributed by atoms with Gasteiger partial charge in [-0.2, -0.15) is 0 Å². The zero-order valence-corrected chi connectivity index (χ0v) is 17.7. The van der Waals surface area contributed by atoms with E-state index in [1.807, 2.05) is 18.2 Å². The second-order valence-corrected chi connectivity index (χ2v) is 8.27. The Kier molecular flexibility index (Phi) is 4.99. The molecule has 0 spiro atoms. The van der Waals surface area contributed by atoms with Crippen molar-refractivity contribution in [1.29, 1.82) is 0 Å². The van der Waals surface area contributed by atoms with Gasteiger partial charge in [0.2, 0.25) is 0 Å². The van der Waals surface area contributed by atoms with Crippen molar-refractivity contribution in [3.8, 4) is 5.75 Å². The Bertz CT molecular complexity index is 996. The maximum absolute atomic E-state index is 12.6. The van der Waals surface area contributed by atoms with E-state index in [1.54, 1.807) is 26.1 Å². The van der Waals surface area contributed by atoms with Gasteiger partial charge in [-0.1, -0.05) is 19.4 Å². The van der Waals surface area contributed by atoms with Gasteiger partial charge in [-0.05, 0) is 43.5 Å². The maximum Gasteiger partial charge on any atom is 0.253 e. The molecule has 5 heteroatoms. The Morgan fingerprint density at radius 1 is 1.28 bits per heavy atom. The van der Waals surface area contributed by atoms with Gasteiger partial charge >= 0.3 is 0 Å². The van der Waals surface area contributed by atoms with Crippen molar-refractivity contribution in [2.45, 2.75) is 26.2 Å². The molecule has 1 fully saturated rings. The van der Waals surface area contributed by atoms with Crippen LogP contribution in [-0.4, -0.2) is 48.4 Å². The summed E-state index contributed by atoms with van der Waals surface area (Å²) in [6, 6.07) is 7.78. The van der Waals surface area contributed by atoms with Gasteiger partial charge < -0.3 is 19.5 Å². The van der Waals surface area contributed by atoms with Crippen LogP contribution in [0.4, 0.5) is 0 Å². The van der Waals surface area contributed by atoms with Crippen molar-refractivity contribution in [2.75, 3.05) is 27.7 Å². The van der Waals surface area contributed by atoms with Gasteiger partial charge in [-0.15, -0.1) is 0 Å². The first kappa shape index (κ1) is 19.4. The van der Waals surface area contributed by atoms with Gasteiger partial charge in [0.25, 0.3) is 5.91 Å². The summed E-state index contributed by atoms with van der Waals surface area (Å²) in [5.74, 6) is 1.58. The summed E-state index contributed by atoms with van der Waals surface area (Å²) in [7, 11) is 5.20. The number of methoxy groups -OCH3 is 1. The van der Waals surface area contributed by atoms with Crippen LogP contribution >= 0.6 is 0 Å². The van der Waals surface area contributed by atoms with E-state index in [0.717, 1.165) is 52.0 Å². The molecule has 1 saturated carbocycles. The van der Waals surface area contributed by atoms with Gasteiger partial charge in [-0.3, -0.25) is 4.79 Å². The van der Waals surface area contributed by atoms with Gasteiger partial charge in [0, 0.05) is 54.8 Å². The van der Waals surface area contributed by atoms with Crippen molar-refractivity contribution in [3.63, 3.8) is 0 Å². The minimum Gasteiger partial charge on any atom is -0.496 e. The third-order valence-electron chi connectivity index (χ3n) is 5.78. The molecule has 1 aliphatic carbocycles. The molecule has 2 aromatic rings. The number of aromatic nitrogens is 1. The van der Waals surface area contributed by atoms with Crippen molar-refractivity contribution in [1.82, 2.24) is 14.8 Å². The van der Waals surface area contributed by atoms with Crippen molar-refractivity contribution in [3.05, 3.63) is 65.1 Å². The van der Waals surface area contributed by atoms with Crippen LogP contribution in [0, 0.1) is 12.8 Å². The van der Waals surface area contributed by atoms with Crippen LogP contribution < -0.4 is 4.74 Å². The highest BCUT2D eigenvalue weighted by molar-refractivity contribution is 5.97. The van der Waals surface area contributed by atoms with Crippen LogP contribution in [0.2, 0.25) is 0 Å². The number of fused-ring (bicyclic) bond motifs is 1. The molecule has 4 rings (SSSR count). The molecule has 1 aromatic heterocycles. The Morgan fingerprint density at radius 2 is 2.03 bits per heavy atom. The smallest absolute Gasteiger partial charge is 0.253 e. The number of hydrogen-bond acceptors (Lipinski definition) is 3. The Labute approximate surface area is 172 Å². The number of aromatic amines is 1. The molecule has 0 unspecified atom stereocenters. The summed E-state index contributed by atoms with van der Waals surface area (Å²) in [6.07, 6.45) is 6.02. The number of carbonyl (C=O) groups is 1. The van der Waals surface area contributed by atoms with Crippen molar-refractivity contribution >= 4 is 17.2 Å². The number of benzene rings is 1. The molecule has 0 radical (unpaired) electrons. The largest absolute Gasteiger partial charge is 0.496 e. The molecule has 1 aromatic carbocycles. The van der Waals surface area contributed by atoms with E-state index in [-0.39, 0.29) is 5.91 Å². The fourth-order valence-electron chi connectivity index (χ4n) is 3.93. The molecule has 0 bridgehead atoms. The van der Waals surface area contributed by atoms with Crippen molar-refractivity contribution in [2.24, 2.45) is 5.92 Å². The molecule has 0 atom stereocenters. The molecule has 5 nitrogen and oxygen atoms in total. The second kappa shape index (κ2) is 7.47. The van der Waals surface area contributed by atoms with Crippen LogP contribution in [0.25, 0.3) is 11.3 Å². The first-order valence-electron chi connectivity index (χ1n) is 10.2. The van der Waals surface area contributed by atoms with Gasteiger partial charge in [0.05, 0.1) is 18.5 Å². The fraction of sp³-hybridized carbons (Fsp3) is 0.375. The summed E-state index contributed by atoms with van der Waals surface area (Å²) in [5, 5.41) is 0. The van der Waals surface area contributed by atoms with E-state index in [9.17, 15) is 4.79 Å². The van der Waals surface area contributed by atoms with Crippen LogP contribution in [-0.2, 0) is 0 Å². The number of nitrogens with one attached hydrogen (secondary N) is 1. The molecule has 2 heterocycles. The molecule has 1 aliphatic heterocycles. The van der Waals surface area contributed by atoms with E-state index in [2.05, 4.69) is 35.7 Å². The molecular formula is C24H29N3O2. The van der Waals surface area contributed by atoms with E-state index in [0.29, 0.717) is 5.56 Å². The lowest BCUT2D eigenvalue weighted by molar-refractivity contribution is 0.0827. The zero-order valence-electron chi connectivity index (χ0n) is 17.7. The third kappa shape index (κ3) is 3.69. The molecular weight excluding hydrogens is 362 g/mol. The summed E-state index contributed by atoms with van der Waals surface area (Å²) >= 11 is 0. The number of amides is 1. The Balaban J connectivity index is 1.81. The van der Waals surface area contributed by atoms with Crippen molar-refractivity contribution < 1.29 is 9.53 Å². The predicted molar refractivity (Wildman–Crippen MR) is 117 cm³/mol. The number of nitrogens with zero attached hydrogens (tertiary/aromatic N) is 2. The Morgan fingerprint density at radius 3 is 2.69 bits per heavy atom. The molecule has 0 saturated heterocycles. The number of rotatable bonds is 6. The number of carbonyl (C=O) groups excluding carboxylic acids is 1. The van der Waals surface area contributed by atoms with Gasteiger partial charge in [0.15, 0.2) is 0 Å². The summed E-state index contributed by atoms with van der Waals surface area (Å²) < 4.78 is 5.67. The zero-order chi connectivity index (χ0) is 20.7. The average molecular weight is 392 g/mol. The number of hydrogen-bond donors (Lipinski definition) is 1. The average Bonchev–Trinajstić information content (AvgIpc) is 3.45. The van der Waals surface area contributed by atoms with E-state index >= 15 is 0 Å². The first-order valence-corrected chi connectivity index (χ1v) is 10.2. The highest BCUT2D eigenvalue weighted by Crippen LogP contribution is 2.41. The lowest BCUT2D eigenvalue weighted by Gasteiger charge is -2.30. The van der Waals surface area contributed by atoms with Crippen LogP contribution in [0.3, 0.4) is 0 Å². The van der Waals surface area contributed by atoms with Gasteiger partial charge in [0.1, 0.15) is 5.75 Å². The summed E-state index contributed by atoms with van der Waals surface area (Å²) in [4.78, 5) is 19.9. The van der Waals surface area contributed by atoms with Crippen LogP contribution in [0.15, 0.2) is 37.0 Å². The predicted octanol–water partition coefficient (Wildman–Crippen LogP) is 4.51. The highest BCUT2D eigenvalue weighted by Gasteiger charge is 2.28. The lowest BCUT2D eigenvalue weighted by Crippen LogP contribution is -2.23. The topological polar surface area (TPSA) is 48.6 Å². The molecule has 1 N–H and O–H groups in total. The Hall–Kier alpha value is -2.95. The fourth-order valence-corrected chi connectivity index (χ4v) is 3.93. The normalized spacial score (nSPS) is 15.8. The van der Waals surface area contributed by atoms with Crippen LogP contribution in [0.5, 0.6) is 5.75 Å². The van der Waals surface area contributed by atoms with E-state index < -0.39 is 0 Å². The summed E-state index contributed by atoms with van der Waals surface area (Å²) in [6.45, 7) is 7.35. The van der Waals surface area contributed by atoms with E-state index in [4.69, 9.17) is 4.74 Å². The minimum absolute atomic E-state index is 0.0224. The monoisotopic (exact) mass is 391 g/mol. The SMILES string of the molecule is C=C1c2[nH]c(C)cc2C(c2cc(C(=O)N(C)C)ccc2OC)=CN1CCC1CC1. The van der Waals surface area contributed by atoms with E-state index in [1.165, 1.54) is 19.3 Å². The third-order valence-corrected chi connectivity index (χ3v) is 5.78. The molecule has 2 aliphatic rings. The molecule has 1 amide bonds. The number of H-pyrrole nitrogens is 1. The number of aryl methyl sites for hydroxylation is 1. The first-order chi connectivity index (χ1) is 13.9. The molecule has 29 heavy (non-hydrogen) atoms. The highest BCUT2D eigenvalue weighted by atomic mass is 16.5. The lowest BCUT2D eigenvalue weighted by atomic mass is 9.92. The summed E-state index contributed by atoms with van der Waals surface area (Å²) in [5.41, 5.74) is 6.85. The number of ether oxygens (including phenoxy) is 1. The van der Waals surface area contributed by atoms with Crippen LogP contribution in [0.1, 0.15) is 52.1 Å². The quantitative estimate of drug-likeness (QED) is 0.788. The van der Waals surface area contributed by atoms with Gasteiger partial charge in [-0.25, -0.2) is 0 Å². The molecule has 152 valence electrons. The second-order valence-electron chi connectivity index (χ2n) is 8.27. The maximum atomic E-state index is 12.6.